The number of hydrogen-bond donors (Lipinski definition) is 1. The lowest BCUT2D eigenvalue weighted by molar-refractivity contribution is 0.122. The van der Waals surface area contributed by atoms with Gasteiger partial charge in [0.05, 0.1) is 23.0 Å². The molecule has 7 nitrogen and oxygen atoms in total. The predicted molar refractivity (Wildman–Crippen MR) is 128 cm³/mol. The Morgan fingerprint density at radius 3 is 1.70 bits per heavy atom. The van der Waals surface area contributed by atoms with Crippen LogP contribution in [0.1, 0.15) is 0 Å². The normalized spacial score (nSPS) is 14.5. The van der Waals surface area contributed by atoms with E-state index < -0.39 is 23.9 Å². The van der Waals surface area contributed by atoms with E-state index in [1.807, 2.05) is 12.1 Å². The van der Waals surface area contributed by atoms with E-state index in [2.05, 4.69) is 10.2 Å². The van der Waals surface area contributed by atoms with E-state index in [9.17, 15) is 16.8 Å². The minimum atomic E-state index is -4.31. The molecule has 4 rings (SSSR count). The molecular weight excluding hydrogens is 460 g/mol. The summed E-state index contributed by atoms with van der Waals surface area (Å²) in [7, 11) is -8.63. The molecule has 3 aromatic carbocycles. The summed E-state index contributed by atoms with van der Waals surface area (Å²) in [5.74, 6) is 0. The van der Waals surface area contributed by atoms with Gasteiger partial charge in [0, 0.05) is 30.7 Å². The zero-order valence-corrected chi connectivity index (χ0v) is 19.4. The molecule has 0 unspecified atom stereocenters. The molecule has 1 saturated heterocycles. The van der Waals surface area contributed by atoms with Gasteiger partial charge >= 0.3 is 0 Å². The third-order valence-corrected chi connectivity index (χ3v) is 9.63. The Labute approximate surface area is 194 Å². The Morgan fingerprint density at radius 1 is 0.727 bits per heavy atom. The molecule has 0 spiro atoms. The summed E-state index contributed by atoms with van der Waals surface area (Å²) >= 11 is 0. The van der Waals surface area contributed by atoms with Crippen LogP contribution in [0.3, 0.4) is 0 Å². The maximum Gasteiger partial charge on any atom is 0.219 e. The second-order valence-electron chi connectivity index (χ2n) is 7.39. The van der Waals surface area contributed by atoms with Gasteiger partial charge in [0.25, 0.3) is 0 Å². The van der Waals surface area contributed by atoms with E-state index >= 15 is 0 Å². The van der Waals surface area contributed by atoms with Gasteiger partial charge in [-0.25, -0.2) is 16.8 Å². The first-order chi connectivity index (χ1) is 15.9. The highest BCUT2D eigenvalue weighted by molar-refractivity contribution is 8.14. The van der Waals surface area contributed by atoms with Gasteiger partial charge in [0.2, 0.25) is 19.7 Å². The van der Waals surface area contributed by atoms with Crippen LogP contribution in [0.5, 0.6) is 0 Å². The first-order valence-corrected chi connectivity index (χ1v) is 13.4. The van der Waals surface area contributed by atoms with E-state index in [0.29, 0.717) is 18.9 Å². The van der Waals surface area contributed by atoms with Crippen LogP contribution in [0, 0.1) is 0 Å². The molecule has 0 aromatic heterocycles. The van der Waals surface area contributed by atoms with E-state index in [1.54, 1.807) is 48.5 Å². The summed E-state index contributed by atoms with van der Waals surface area (Å²) in [5, 5.41) is 2.86. The van der Waals surface area contributed by atoms with Crippen LogP contribution in [0.2, 0.25) is 0 Å². The molecule has 1 aliphatic heterocycles. The molecule has 33 heavy (non-hydrogen) atoms. The Balaban J connectivity index is 1.69. The van der Waals surface area contributed by atoms with Gasteiger partial charge in [0.15, 0.2) is 4.24 Å². The quantitative estimate of drug-likeness (QED) is 0.547. The number of anilines is 2. The summed E-state index contributed by atoms with van der Waals surface area (Å²) < 4.78 is 58.0. The number of morpholine rings is 1. The molecule has 0 saturated carbocycles. The number of ether oxygens (including phenoxy) is 1. The number of sulfone groups is 2. The van der Waals surface area contributed by atoms with Crippen molar-refractivity contribution >= 4 is 31.0 Å². The number of benzene rings is 3. The van der Waals surface area contributed by atoms with Crippen molar-refractivity contribution in [2.24, 2.45) is 0 Å². The van der Waals surface area contributed by atoms with Crippen LogP contribution in [-0.2, 0) is 24.4 Å². The fraction of sp³-hybridized carbons (Fsp3) is 0.167. The standard InChI is InChI=1S/C24H24N2O5S2/c27-32(28,22-7-3-1-4-8-22)24(33(29,30)23-9-5-2-6-10-23)19-25-20-11-13-21(14-12-20)26-15-17-31-18-16-26/h1-14,19,25H,15-18H2. The minimum Gasteiger partial charge on any atom is -0.378 e. The molecule has 3 aromatic rings. The molecule has 9 heteroatoms. The molecule has 1 heterocycles. The van der Waals surface area contributed by atoms with E-state index in [4.69, 9.17) is 4.74 Å². The van der Waals surface area contributed by atoms with Crippen molar-refractivity contribution in [2.75, 3.05) is 36.5 Å². The Kier molecular flexibility index (Phi) is 6.83. The van der Waals surface area contributed by atoms with Crippen LogP contribution in [-0.4, -0.2) is 43.1 Å². The van der Waals surface area contributed by atoms with Crippen LogP contribution < -0.4 is 10.2 Å². The molecule has 172 valence electrons. The third kappa shape index (κ3) is 5.11. The van der Waals surface area contributed by atoms with E-state index in [1.165, 1.54) is 24.3 Å². The summed E-state index contributed by atoms with van der Waals surface area (Å²) in [6.45, 7) is 2.92. The number of nitrogens with zero attached hydrogens (tertiary/aromatic N) is 1. The molecule has 1 N–H and O–H groups in total. The van der Waals surface area contributed by atoms with Crippen LogP contribution in [0.4, 0.5) is 11.4 Å². The lowest BCUT2D eigenvalue weighted by Gasteiger charge is -2.28. The lowest BCUT2D eigenvalue weighted by atomic mass is 10.2. The fourth-order valence-electron chi connectivity index (χ4n) is 3.46. The number of nitrogens with one attached hydrogen (secondary N) is 1. The van der Waals surface area contributed by atoms with Crippen molar-refractivity contribution in [3.05, 3.63) is 95.4 Å². The van der Waals surface area contributed by atoms with Gasteiger partial charge in [-0.2, -0.15) is 0 Å². The second kappa shape index (κ2) is 9.78. The maximum absolute atomic E-state index is 13.3. The minimum absolute atomic E-state index is 0.0970. The van der Waals surface area contributed by atoms with Crippen molar-refractivity contribution in [3.8, 4) is 0 Å². The highest BCUT2D eigenvalue weighted by Crippen LogP contribution is 2.29. The van der Waals surface area contributed by atoms with Crippen LogP contribution >= 0.6 is 0 Å². The largest absolute Gasteiger partial charge is 0.378 e. The van der Waals surface area contributed by atoms with Crippen molar-refractivity contribution in [3.63, 3.8) is 0 Å². The first kappa shape index (κ1) is 23.0. The highest BCUT2D eigenvalue weighted by Gasteiger charge is 2.33. The molecule has 1 fully saturated rings. The second-order valence-corrected chi connectivity index (χ2v) is 11.5. The average molecular weight is 485 g/mol. The molecular formula is C24H24N2O5S2. The Bertz CT molecular complexity index is 1250. The molecule has 0 amide bonds. The van der Waals surface area contributed by atoms with Gasteiger partial charge in [0.1, 0.15) is 0 Å². The molecule has 0 aliphatic carbocycles. The van der Waals surface area contributed by atoms with Crippen LogP contribution in [0.15, 0.2) is 105 Å². The summed E-state index contributed by atoms with van der Waals surface area (Å²) in [4.78, 5) is 1.99. The van der Waals surface area contributed by atoms with Crippen molar-refractivity contribution in [1.82, 2.24) is 0 Å². The van der Waals surface area contributed by atoms with Crippen molar-refractivity contribution < 1.29 is 21.6 Å². The zero-order valence-electron chi connectivity index (χ0n) is 17.8. The molecule has 0 bridgehead atoms. The topological polar surface area (TPSA) is 92.8 Å². The van der Waals surface area contributed by atoms with Gasteiger partial charge in [-0.3, -0.25) is 0 Å². The van der Waals surface area contributed by atoms with Gasteiger partial charge in [-0.15, -0.1) is 0 Å². The molecule has 1 aliphatic rings. The highest BCUT2D eigenvalue weighted by atomic mass is 32.3. The van der Waals surface area contributed by atoms with E-state index in [0.717, 1.165) is 25.0 Å². The van der Waals surface area contributed by atoms with Gasteiger partial charge in [-0.05, 0) is 48.5 Å². The SMILES string of the molecule is O=S(=O)(C(=CNc1ccc(N2CCOCC2)cc1)S(=O)(=O)c1ccccc1)c1ccccc1. The summed E-state index contributed by atoms with van der Waals surface area (Å²) in [5.41, 5.74) is 1.58. The monoisotopic (exact) mass is 484 g/mol. The van der Waals surface area contributed by atoms with Gasteiger partial charge in [-0.1, -0.05) is 36.4 Å². The van der Waals surface area contributed by atoms with Crippen molar-refractivity contribution in [1.29, 1.82) is 0 Å². The number of hydrogen-bond acceptors (Lipinski definition) is 7. The first-order valence-electron chi connectivity index (χ1n) is 10.4. The Hall–Kier alpha value is -3.14. The Morgan fingerprint density at radius 2 is 1.21 bits per heavy atom. The fourth-order valence-corrected chi connectivity index (χ4v) is 7.12. The number of rotatable bonds is 7. The molecule has 0 atom stereocenters. The van der Waals surface area contributed by atoms with Crippen LogP contribution in [0.25, 0.3) is 0 Å². The van der Waals surface area contributed by atoms with Crippen molar-refractivity contribution in [2.45, 2.75) is 9.79 Å². The average Bonchev–Trinajstić information content (AvgIpc) is 2.86. The third-order valence-electron chi connectivity index (χ3n) is 5.24. The summed E-state index contributed by atoms with van der Waals surface area (Å²) in [6.07, 6.45) is 1.05. The smallest absolute Gasteiger partial charge is 0.219 e. The van der Waals surface area contributed by atoms with E-state index in [-0.39, 0.29) is 9.79 Å². The predicted octanol–water partition coefficient (Wildman–Crippen LogP) is 3.68. The molecule has 0 radical (unpaired) electrons. The zero-order chi connectivity index (χ0) is 23.3. The summed E-state index contributed by atoms with van der Waals surface area (Å²) in [6, 6.07) is 22.4. The van der Waals surface area contributed by atoms with Gasteiger partial charge < -0.3 is 15.0 Å². The maximum atomic E-state index is 13.3. The lowest BCUT2D eigenvalue weighted by Crippen LogP contribution is -2.36.